The summed E-state index contributed by atoms with van der Waals surface area (Å²) in [6, 6.07) is 43.9. The van der Waals surface area contributed by atoms with Crippen molar-refractivity contribution in [3.8, 4) is 11.5 Å². The van der Waals surface area contributed by atoms with Crippen LogP contribution in [0.5, 0.6) is 11.5 Å². The fourth-order valence-electron chi connectivity index (χ4n) is 7.55. The Morgan fingerprint density at radius 2 is 0.901 bits per heavy atom. The lowest BCUT2D eigenvalue weighted by atomic mass is 9.97. The van der Waals surface area contributed by atoms with Crippen molar-refractivity contribution in [3.05, 3.63) is 191 Å². The van der Waals surface area contributed by atoms with Crippen LogP contribution in [0.4, 0.5) is 0 Å². The third kappa shape index (κ3) is 15.3. The number of benzene rings is 5. The first kappa shape index (κ1) is 50.1. The first-order chi connectivity index (χ1) is 34.9. The van der Waals surface area contributed by atoms with Crippen LogP contribution < -0.4 is 9.47 Å². The zero-order chi connectivity index (χ0) is 49.0. The Balaban J connectivity index is 0.974. The molecule has 18 nitrogen and oxygen atoms in total. The topological polar surface area (TPSA) is 188 Å². The minimum absolute atomic E-state index is 0.0154. The molecule has 5 atom stereocenters. The second-order valence-corrected chi connectivity index (χ2v) is 16.5. The number of methoxy groups -OCH3 is 2. The predicted molar refractivity (Wildman–Crippen MR) is 254 cm³/mol. The van der Waals surface area contributed by atoms with Gasteiger partial charge in [-0.25, -0.2) is 9.36 Å². The highest BCUT2D eigenvalue weighted by molar-refractivity contribution is 5.69. The summed E-state index contributed by atoms with van der Waals surface area (Å²) >= 11 is 0. The first-order valence-electron chi connectivity index (χ1n) is 23.0. The number of hydrogen-bond acceptors (Lipinski definition) is 16. The van der Waals surface area contributed by atoms with Crippen LogP contribution >= 0.6 is 0 Å². The highest BCUT2D eigenvalue weighted by Crippen LogP contribution is 2.32. The van der Waals surface area contributed by atoms with E-state index in [0.717, 1.165) is 27.8 Å². The van der Waals surface area contributed by atoms with Gasteiger partial charge in [-0.1, -0.05) is 126 Å². The van der Waals surface area contributed by atoms with Gasteiger partial charge in [0, 0.05) is 0 Å². The van der Waals surface area contributed by atoms with E-state index >= 15 is 0 Å². The number of hydrogen-bond donors (Lipinski definition) is 0. The molecular weight excluding hydrogens is 913 g/mol. The molecule has 1 aliphatic heterocycles. The third-order valence-corrected chi connectivity index (χ3v) is 11.2. The molecule has 0 radical (unpaired) electrons. The van der Waals surface area contributed by atoms with E-state index in [1.807, 2.05) is 115 Å². The number of rotatable bonds is 26. The molecule has 1 fully saturated rings. The van der Waals surface area contributed by atoms with Gasteiger partial charge in [0.05, 0.1) is 66.3 Å². The Bertz CT molecular complexity index is 2670. The molecule has 71 heavy (non-hydrogen) atoms. The zero-order valence-electron chi connectivity index (χ0n) is 39.5. The van der Waals surface area contributed by atoms with Crippen LogP contribution in [-0.2, 0) is 107 Å². The van der Waals surface area contributed by atoms with Crippen molar-refractivity contribution < 1.29 is 57.0 Å². The van der Waals surface area contributed by atoms with E-state index in [2.05, 4.69) is 20.6 Å². The molecule has 1 saturated heterocycles. The summed E-state index contributed by atoms with van der Waals surface area (Å²) in [5.41, 5.74) is 5.37. The molecule has 3 heterocycles. The molecule has 370 valence electrons. The van der Waals surface area contributed by atoms with E-state index in [1.54, 1.807) is 50.9 Å². The van der Waals surface area contributed by atoms with Gasteiger partial charge in [0.2, 0.25) is 0 Å². The van der Waals surface area contributed by atoms with Gasteiger partial charge < -0.3 is 47.4 Å². The maximum Gasteiger partial charge on any atom is 0.328 e. The number of aromatic nitrogens is 6. The maximum absolute atomic E-state index is 12.8. The summed E-state index contributed by atoms with van der Waals surface area (Å²) in [4.78, 5) is 25.5. The molecule has 0 amide bonds. The van der Waals surface area contributed by atoms with E-state index in [-0.39, 0.29) is 65.9 Å². The van der Waals surface area contributed by atoms with E-state index in [9.17, 15) is 9.59 Å². The number of esters is 2. The molecule has 1 aliphatic rings. The van der Waals surface area contributed by atoms with Gasteiger partial charge in [0.1, 0.15) is 73.6 Å². The lowest BCUT2D eigenvalue weighted by molar-refractivity contribution is -0.331. The molecule has 2 aromatic heterocycles. The molecule has 0 spiro atoms. The number of ether oxygens (including phenoxy) is 10. The average Bonchev–Trinajstić information content (AvgIpc) is 4.07. The van der Waals surface area contributed by atoms with Crippen molar-refractivity contribution in [2.24, 2.45) is 0 Å². The van der Waals surface area contributed by atoms with Crippen molar-refractivity contribution in [1.82, 2.24) is 30.0 Å². The number of carbonyl (C=O) groups excluding carboxylic acids is 2. The standard InChI is InChI=1S/C53H56N6O12/c1-62-45-22-18-41(19-23-45)30-65-48(60)28-58-26-43(54-56-58)35-64-37-47-50(67-32-38-12-6-3-7-13-38)51(68-33-39-14-8-4-9-15-39)52(69-34-40-16-10-5-11-17-40)53(71-47)70-36-44-27-59(57-55-44)29-49(61)66-31-42-20-24-46(63-2)25-21-42/h3-27,47,50-53H,28-37H2,1-2H3/t47-,50-,51+,52-,53+/m1/s1. The van der Waals surface area contributed by atoms with Gasteiger partial charge in [-0.2, -0.15) is 0 Å². The quantitative estimate of drug-likeness (QED) is 0.0529. The van der Waals surface area contributed by atoms with Crippen molar-refractivity contribution in [1.29, 1.82) is 0 Å². The normalized spacial score (nSPS) is 17.6. The highest BCUT2D eigenvalue weighted by Gasteiger charge is 2.49. The Hall–Kier alpha value is -7.32. The zero-order valence-corrected chi connectivity index (χ0v) is 39.5. The van der Waals surface area contributed by atoms with Crippen LogP contribution in [0.25, 0.3) is 0 Å². The Morgan fingerprint density at radius 1 is 0.479 bits per heavy atom. The fraction of sp³-hybridized carbons (Fsp3) is 0.321. The monoisotopic (exact) mass is 968 g/mol. The molecule has 18 heteroatoms. The van der Waals surface area contributed by atoms with Crippen LogP contribution in [0, 0.1) is 0 Å². The fourth-order valence-corrected chi connectivity index (χ4v) is 7.55. The summed E-state index contributed by atoms with van der Waals surface area (Å²) in [7, 11) is 3.18. The minimum atomic E-state index is -1.03. The maximum atomic E-state index is 12.8. The van der Waals surface area contributed by atoms with Crippen LogP contribution in [0.3, 0.4) is 0 Å². The van der Waals surface area contributed by atoms with Gasteiger partial charge in [-0.05, 0) is 52.1 Å². The molecule has 0 saturated carbocycles. The average molecular weight is 969 g/mol. The summed E-state index contributed by atoms with van der Waals surface area (Å²) in [5, 5.41) is 16.8. The van der Waals surface area contributed by atoms with Crippen molar-refractivity contribution in [2.75, 3.05) is 20.8 Å². The summed E-state index contributed by atoms with van der Waals surface area (Å²) in [6.45, 7) is 0.565. The molecule has 5 aromatic carbocycles. The van der Waals surface area contributed by atoms with Gasteiger partial charge >= 0.3 is 11.9 Å². The largest absolute Gasteiger partial charge is 0.497 e. The van der Waals surface area contributed by atoms with E-state index in [1.165, 1.54) is 9.36 Å². The van der Waals surface area contributed by atoms with E-state index in [0.29, 0.717) is 22.9 Å². The summed E-state index contributed by atoms with van der Waals surface area (Å²) in [5.74, 6) is 0.451. The van der Waals surface area contributed by atoms with Gasteiger partial charge in [-0.3, -0.25) is 9.59 Å². The van der Waals surface area contributed by atoms with Gasteiger partial charge in [0.25, 0.3) is 0 Å². The van der Waals surface area contributed by atoms with E-state index < -0.39 is 42.6 Å². The molecule has 7 aromatic rings. The SMILES string of the molecule is COc1ccc(COC(=O)Cn2cc(COC[C@H]3O[C@H](OCc4cn(CC(=O)OCc5ccc(OC)cc5)nn4)[C@H](OCc4ccccc4)[C@@H](OCc4ccccc4)[C@@H]3OCc3ccccc3)nn2)cc1. The summed E-state index contributed by atoms with van der Waals surface area (Å²) < 4.78 is 64.1. The van der Waals surface area contributed by atoms with E-state index in [4.69, 9.17) is 47.4 Å². The number of carbonyl (C=O) groups is 2. The Labute approximate surface area is 411 Å². The second-order valence-electron chi connectivity index (χ2n) is 16.5. The smallest absolute Gasteiger partial charge is 0.328 e. The summed E-state index contributed by atoms with van der Waals surface area (Å²) in [6.07, 6.45) is -0.881. The van der Waals surface area contributed by atoms with Crippen molar-refractivity contribution >= 4 is 11.9 Å². The van der Waals surface area contributed by atoms with Gasteiger partial charge in [0.15, 0.2) is 6.29 Å². The number of nitrogens with zero attached hydrogens (tertiary/aromatic N) is 6. The lowest BCUT2D eigenvalue weighted by Crippen LogP contribution is -2.61. The Morgan fingerprint density at radius 3 is 1.37 bits per heavy atom. The van der Waals surface area contributed by atoms with Crippen LogP contribution in [0.2, 0.25) is 0 Å². The minimum Gasteiger partial charge on any atom is -0.497 e. The second kappa shape index (κ2) is 26.0. The molecule has 0 N–H and O–H groups in total. The van der Waals surface area contributed by atoms with Gasteiger partial charge in [-0.15, -0.1) is 10.2 Å². The van der Waals surface area contributed by atoms with Crippen LogP contribution in [-0.4, -0.2) is 93.5 Å². The highest BCUT2D eigenvalue weighted by atomic mass is 16.7. The molecule has 8 rings (SSSR count). The molecule has 0 unspecified atom stereocenters. The van der Waals surface area contributed by atoms with Crippen LogP contribution in [0.1, 0.15) is 39.2 Å². The van der Waals surface area contributed by atoms with Crippen molar-refractivity contribution in [2.45, 2.75) is 90.0 Å². The lowest BCUT2D eigenvalue weighted by Gasteiger charge is -2.45. The third-order valence-electron chi connectivity index (χ3n) is 11.2. The predicted octanol–water partition coefficient (Wildman–Crippen LogP) is 6.59. The van der Waals surface area contributed by atoms with Crippen molar-refractivity contribution in [3.63, 3.8) is 0 Å². The first-order valence-corrected chi connectivity index (χ1v) is 23.0. The molecule has 0 aliphatic carbocycles. The molecular formula is C53H56N6O12. The molecule has 0 bridgehead atoms. The van der Waals surface area contributed by atoms with Crippen LogP contribution in [0.15, 0.2) is 152 Å². The Kier molecular flexibility index (Phi) is 18.4.